The zero-order valence-corrected chi connectivity index (χ0v) is 19.0. The smallest absolute Gasteiger partial charge is 0.230 e. The minimum absolute atomic E-state index is 0.0524. The van der Waals surface area contributed by atoms with Crippen molar-refractivity contribution in [3.05, 3.63) is 102 Å². The molecule has 1 fully saturated rings. The van der Waals surface area contributed by atoms with Gasteiger partial charge >= 0.3 is 0 Å². The molecule has 5 rings (SSSR count). The van der Waals surface area contributed by atoms with Gasteiger partial charge in [-0.05, 0) is 53.8 Å². The van der Waals surface area contributed by atoms with Crippen molar-refractivity contribution in [2.24, 2.45) is 11.3 Å². The van der Waals surface area contributed by atoms with Crippen LogP contribution < -0.4 is 4.74 Å². The van der Waals surface area contributed by atoms with Crippen LogP contribution >= 0.6 is 0 Å². The molecule has 0 radical (unpaired) electrons. The van der Waals surface area contributed by atoms with E-state index in [9.17, 15) is 9.18 Å². The Labute approximate surface area is 194 Å². The van der Waals surface area contributed by atoms with Crippen LogP contribution in [0.3, 0.4) is 0 Å². The summed E-state index contributed by atoms with van der Waals surface area (Å²) in [5.74, 6) is 0.691. The van der Waals surface area contributed by atoms with Crippen LogP contribution in [-0.4, -0.2) is 17.9 Å². The maximum absolute atomic E-state index is 14.9. The van der Waals surface area contributed by atoms with Gasteiger partial charge in [-0.2, -0.15) is 0 Å². The lowest BCUT2D eigenvalue weighted by Crippen LogP contribution is -2.34. The highest BCUT2D eigenvalue weighted by atomic mass is 19.1. The third-order valence-electron chi connectivity index (χ3n) is 7.26. The Morgan fingerprint density at radius 2 is 1.82 bits per heavy atom. The molecule has 1 aliphatic carbocycles. The van der Waals surface area contributed by atoms with Crippen LogP contribution in [0.4, 0.5) is 4.39 Å². The molecule has 0 aromatic heterocycles. The van der Waals surface area contributed by atoms with Crippen molar-refractivity contribution in [2.45, 2.75) is 32.4 Å². The standard InChI is InChI=1S/C29H28FNO2/c1-29-17-7-6-10-25(29)27(31(28(29)32)19-20-8-4-3-5-9-20)22-13-16-26(30)24(18-22)21-11-14-23(33-2)15-12-21/h3-6,8-16,18,25,27H,7,17,19H2,1-2H3/t25?,27?,29-/m1/s1. The zero-order chi connectivity index (χ0) is 23.0. The fraction of sp³-hybridized carbons (Fsp3) is 0.276. The average molecular weight is 442 g/mol. The molecule has 168 valence electrons. The molecule has 33 heavy (non-hydrogen) atoms. The third kappa shape index (κ3) is 3.74. The SMILES string of the molecule is COc1ccc(-c2cc(C3C4C=CCC[C@@]4(C)C(=O)N3Cc3ccccc3)ccc2F)cc1. The molecule has 0 bridgehead atoms. The van der Waals surface area contributed by atoms with Crippen molar-refractivity contribution >= 4 is 5.91 Å². The number of hydrogen-bond donors (Lipinski definition) is 0. The molecule has 2 aliphatic rings. The van der Waals surface area contributed by atoms with Crippen molar-refractivity contribution < 1.29 is 13.9 Å². The number of carbonyl (C=O) groups excluding carboxylic acids is 1. The molecule has 3 nitrogen and oxygen atoms in total. The van der Waals surface area contributed by atoms with Gasteiger partial charge in [0.1, 0.15) is 11.6 Å². The number of halogens is 1. The number of fused-ring (bicyclic) bond motifs is 1. The number of hydrogen-bond acceptors (Lipinski definition) is 2. The minimum Gasteiger partial charge on any atom is -0.497 e. The Balaban J connectivity index is 1.59. The zero-order valence-electron chi connectivity index (χ0n) is 19.0. The Bertz CT molecular complexity index is 1190. The van der Waals surface area contributed by atoms with Crippen LogP contribution in [0.5, 0.6) is 5.75 Å². The molecular formula is C29H28FNO2. The van der Waals surface area contributed by atoms with Crippen LogP contribution in [-0.2, 0) is 11.3 Å². The van der Waals surface area contributed by atoms with E-state index in [1.165, 1.54) is 6.07 Å². The molecule has 1 heterocycles. The van der Waals surface area contributed by atoms with Crippen LogP contribution in [0.25, 0.3) is 11.1 Å². The van der Waals surface area contributed by atoms with Crippen molar-refractivity contribution in [1.29, 1.82) is 0 Å². The Morgan fingerprint density at radius 3 is 2.55 bits per heavy atom. The van der Waals surface area contributed by atoms with E-state index in [1.807, 2.05) is 59.5 Å². The van der Waals surface area contributed by atoms with E-state index in [-0.39, 0.29) is 23.7 Å². The van der Waals surface area contributed by atoms with E-state index in [4.69, 9.17) is 4.74 Å². The van der Waals surface area contributed by atoms with Gasteiger partial charge < -0.3 is 9.64 Å². The topological polar surface area (TPSA) is 29.5 Å². The molecule has 3 aromatic rings. The fourth-order valence-electron chi connectivity index (χ4n) is 5.41. The lowest BCUT2D eigenvalue weighted by atomic mass is 9.69. The number of allylic oxidation sites excluding steroid dienone is 1. The maximum atomic E-state index is 14.9. The van der Waals surface area contributed by atoms with Gasteiger partial charge in [0.15, 0.2) is 0 Å². The highest BCUT2D eigenvalue weighted by Gasteiger charge is 2.55. The van der Waals surface area contributed by atoms with Crippen molar-refractivity contribution in [3.8, 4) is 16.9 Å². The molecule has 0 spiro atoms. The Hall–Kier alpha value is -3.40. The first-order valence-corrected chi connectivity index (χ1v) is 11.5. The van der Waals surface area contributed by atoms with Gasteiger partial charge in [0.2, 0.25) is 5.91 Å². The van der Waals surface area contributed by atoms with Gasteiger partial charge in [0, 0.05) is 18.0 Å². The van der Waals surface area contributed by atoms with E-state index in [1.54, 1.807) is 7.11 Å². The Kier molecular flexibility index (Phi) is 5.53. The van der Waals surface area contributed by atoms with Crippen LogP contribution in [0.1, 0.15) is 36.9 Å². The van der Waals surface area contributed by atoms with E-state index < -0.39 is 5.41 Å². The lowest BCUT2D eigenvalue weighted by Gasteiger charge is -2.32. The molecule has 1 aliphatic heterocycles. The summed E-state index contributed by atoms with van der Waals surface area (Å²) >= 11 is 0. The monoisotopic (exact) mass is 441 g/mol. The van der Waals surface area contributed by atoms with E-state index in [0.29, 0.717) is 12.1 Å². The number of nitrogens with zero attached hydrogens (tertiary/aromatic N) is 1. The Morgan fingerprint density at radius 1 is 1.06 bits per heavy atom. The molecule has 0 N–H and O–H groups in total. The first-order valence-electron chi connectivity index (χ1n) is 11.5. The maximum Gasteiger partial charge on any atom is 0.230 e. The van der Waals surface area contributed by atoms with Gasteiger partial charge in [0.25, 0.3) is 0 Å². The second-order valence-corrected chi connectivity index (χ2v) is 9.24. The van der Waals surface area contributed by atoms with Gasteiger partial charge in [-0.1, -0.05) is 67.6 Å². The minimum atomic E-state index is -0.442. The predicted molar refractivity (Wildman–Crippen MR) is 128 cm³/mol. The highest BCUT2D eigenvalue weighted by Crippen LogP contribution is 2.54. The van der Waals surface area contributed by atoms with Crippen molar-refractivity contribution in [3.63, 3.8) is 0 Å². The van der Waals surface area contributed by atoms with Gasteiger partial charge in [-0.3, -0.25) is 4.79 Å². The lowest BCUT2D eigenvalue weighted by molar-refractivity contribution is -0.137. The fourth-order valence-corrected chi connectivity index (χ4v) is 5.41. The van der Waals surface area contributed by atoms with Crippen LogP contribution in [0, 0.1) is 17.2 Å². The number of rotatable bonds is 5. The summed E-state index contributed by atoms with van der Waals surface area (Å²) in [6.07, 6.45) is 6.13. The largest absolute Gasteiger partial charge is 0.497 e. The van der Waals surface area contributed by atoms with Crippen molar-refractivity contribution in [1.82, 2.24) is 4.90 Å². The molecule has 4 heteroatoms. The number of carbonyl (C=O) groups is 1. The molecule has 1 saturated heterocycles. The molecule has 2 unspecified atom stereocenters. The van der Waals surface area contributed by atoms with Gasteiger partial charge in [-0.15, -0.1) is 0 Å². The van der Waals surface area contributed by atoms with Crippen LogP contribution in [0.2, 0.25) is 0 Å². The molecule has 1 amide bonds. The number of likely N-dealkylation sites (tertiary alicyclic amines) is 1. The van der Waals surface area contributed by atoms with Gasteiger partial charge in [-0.25, -0.2) is 4.39 Å². The summed E-state index contributed by atoms with van der Waals surface area (Å²) in [5, 5.41) is 0. The normalized spacial score (nSPS) is 24.1. The third-order valence-corrected chi connectivity index (χ3v) is 7.26. The average Bonchev–Trinajstić information content (AvgIpc) is 3.07. The summed E-state index contributed by atoms with van der Waals surface area (Å²) in [4.78, 5) is 15.7. The molecule has 3 aromatic carbocycles. The molecular weight excluding hydrogens is 413 g/mol. The number of benzene rings is 3. The highest BCUT2D eigenvalue weighted by molar-refractivity contribution is 5.87. The number of amides is 1. The summed E-state index contributed by atoms with van der Waals surface area (Å²) in [7, 11) is 1.61. The van der Waals surface area contributed by atoms with E-state index >= 15 is 0 Å². The summed E-state index contributed by atoms with van der Waals surface area (Å²) in [5.41, 5.74) is 2.95. The first-order chi connectivity index (χ1) is 16.0. The summed E-state index contributed by atoms with van der Waals surface area (Å²) in [6.45, 7) is 2.63. The second-order valence-electron chi connectivity index (χ2n) is 9.24. The second kappa shape index (κ2) is 8.51. The quantitative estimate of drug-likeness (QED) is 0.420. The molecule has 3 atom stereocenters. The van der Waals surface area contributed by atoms with Crippen molar-refractivity contribution in [2.75, 3.05) is 7.11 Å². The summed E-state index contributed by atoms with van der Waals surface area (Å²) in [6, 6.07) is 22.6. The predicted octanol–water partition coefficient (Wildman–Crippen LogP) is 6.56. The molecule has 0 saturated carbocycles. The summed E-state index contributed by atoms with van der Waals surface area (Å²) < 4.78 is 20.2. The van der Waals surface area contributed by atoms with E-state index in [2.05, 4.69) is 31.2 Å². The van der Waals surface area contributed by atoms with E-state index in [0.717, 1.165) is 35.3 Å². The van der Waals surface area contributed by atoms with Gasteiger partial charge in [0.05, 0.1) is 18.6 Å². The first kappa shape index (κ1) is 21.4. The van der Waals surface area contributed by atoms with Crippen LogP contribution in [0.15, 0.2) is 84.9 Å². The number of methoxy groups -OCH3 is 1. The number of ether oxygens (including phenoxy) is 1.